The zero-order valence-electron chi connectivity index (χ0n) is 9.79. The first kappa shape index (κ1) is 15.8. The molecule has 18 heavy (non-hydrogen) atoms. The molecule has 6 heteroatoms. The number of aliphatic hydroxyl groups excluding tert-OH is 1. The monoisotopic (exact) mass is 351 g/mol. The van der Waals surface area contributed by atoms with Gasteiger partial charge < -0.3 is 10.4 Å². The lowest BCUT2D eigenvalue weighted by Gasteiger charge is -2.07. The van der Waals surface area contributed by atoms with Crippen molar-refractivity contribution in [1.29, 1.82) is 0 Å². The van der Waals surface area contributed by atoms with Gasteiger partial charge in [0.1, 0.15) is 0 Å². The van der Waals surface area contributed by atoms with Gasteiger partial charge in [-0.25, -0.2) is 0 Å². The third-order valence-corrected chi connectivity index (χ3v) is 4.12. The molecule has 100 valence electrons. The number of thioether (sulfide) groups is 1. The number of rotatable bonds is 7. The number of hydrogen-bond donors (Lipinski definition) is 2. The van der Waals surface area contributed by atoms with Crippen LogP contribution in [0.15, 0.2) is 22.7 Å². The summed E-state index contributed by atoms with van der Waals surface area (Å²) in [6.07, 6.45) is 0.793. The van der Waals surface area contributed by atoms with Crippen LogP contribution in [0.1, 0.15) is 16.8 Å². The van der Waals surface area contributed by atoms with Crippen molar-refractivity contribution < 1.29 is 9.90 Å². The van der Waals surface area contributed by atoms with Gasteiger partial charge in [0.15, 0.2) is 0 Å². The molecule has 0 saturated carbocycles. The molecule has 0 unspecified atom stereocenters. The van der Waals surface area contributed by atoms with Gasteiger partial charge in [-0.15, -0.1) is 0 Å². The van der Waals surface area contributed by atoms with Crippen molar-refractivity contribution in [3.05, 3.63) is 33.3 Å². The Labute approximate surface area is 124 Å². The number of carbonyl (C=O) groups is 1. The molecule has 0 spiro atoms. The van der Waals surface area contributed by atoms with E-state index >= 15 is 0 Å². The van der Waals surface area contributed by atoms with Crippen LogP contribution in [0.5, 0.6) is 0 Å². The van der Waals surface area contributed by atoms with Crippen molar-refractivity contribution >= 4 is 45.2 Å². The van der Waals surface area contributed by atoms with Crippen LogP contribution < -0.4 is 5.32 Å². The topological polar surface area (TPSA) is 49.3 Å². The predicted octanol–water partition coefficient (Wildman–Crippen LogP) is 2.95. The molecule has 1 aromatic carbocycles. The average molecular weight is 353 g/mol. The number of amides is 1. The molecular formula is C12H15BrClNO2S. The van der Waals surface area contributed by atoms with E-state index in [9.17, 15) is 4.79 Å². The summed E-state index contributed by atoms with van der Waals surface area (Å²) in [5, 5.41) is 12.0. The highest BCUT2D eigenvalue weighted by Crippen LogP contribution is 2.21. The molecule has 0 heterocycles. The van der Waals surface area contributed by atoms with Crippen molar-refractivity contribution in [2.75, 3.05) is 24.7 Å². The van der Waals surface area contributed by atoms with E-state index in [2.05, 4.69) is 21.2 Å². The van der Waals surface area contributed by atoms with Crippen molar-refractivity contribution in [2.24, 2.45) is 0 Å². The highest BCUT2D eigenvalue weighted by Gasteiger charge is 2.09. The van der Waals surface area contributed by atoms with Gasteiger partial charge in [0.25, 0.3) is 5.91 Å². The van der Waals surface area contributed by atoms with E-state index in [4.69, 9.17) is 16.7 Å². The zero-order chi connectivity index (χ0) is 13.4. The van der Waals surface area contributed by atoms with E-state index in [1.807, 2.05) is 0 Å². The fraction of sp³-hybridized carbons (Fsp3) is 0.417. The smallest absolute Gasteiger partial charge is 0.252 e. The Morgan fingerprint density at radius 2 is 2.22 bits per heavy atom. The molecule has 0 bridgehead atoms. The molecule has 0 aromatic heterocycles. The third-order valence-electron chi connectivity index (χ3n) is 2.15. The maximum Gasteiger partial charge on any atom is 0.252 e. The Bertz CT molecular complexity index is 404. The van der Waals surface area contributed by atoms with Crippen LogP contribution in [-0.4, -0.2) is 35.7 Å². The molecular weight excluding hydrogens is 338 g/mol. The second kappa shape index (κ2) is 8.80. The van der Waals surface area contributed by atoms with E-state index in [1.54, 1.807) is 30.0 Å². The van der Waals surface area contributed by atoms with Crippen molar-refractivity contribution in [2.45, 2.75) is 6.42 Å². The Morgan fingerprint density at radius 3 is 2.89 bits per heavy atom. The molecule has 1 aromatic rings. The van der Waals surface area contributed by atoms with Gasteiger partial charge in [0, 0.05) is 28.4 Å². The first-order valence-corrected chi connectivity index (χ1v) is 7.89. The van der Waals surface area contributed by atoms with Gasteiger partial charge in [-0.3, -0.25) is 4.79 Å². The number of halogens is 2. The first-order valence-electron chi connectivity index (χ1n) is 5.57. The maximum atomic E-state index is 11.8. The molecule has 0 aliphatic carbocycles. The first-order chi connectivity index (χ1) is 8.65. The molecule has 0 aliphatic heterocycles. The second-order valence-electron chi connectivity index (χ2n) is 3.57. The summed E-state index contributed by atoms with van der Waals surface area (Å²) in [6.45, 7) is 0.834. The summed E-state index contributed by atoms with van der Waals surface area (Å²) < 4.78 is 0.695. The lowest BCUT2D eigenvalue weighted by Crippen LogP contribution is -2.26. The van der Waals surface area contributed by atoms with E-state index in [0.717, 1.165) is 17.9 Å². The third kappa shape index (κ3) is 5.61. The molecule has 0 fully saturated rings. The lowest BCUT2D eigenvalue weighted by molar-refractivity contribution is 0.0955. The number of benzene rings is 1. The van der Waals surface area contributed by atoms with Gasteiger partial charge in [-0.05, 0) is 46.3 Å². The number of aliphatic hydroxyl groups is 1. The fourth-order valence-electron chi connectivity index (χ4n) is 1.27. The van der Waals surface area contributed by atoms with Crippen molar-refractivity contribution in [3.8, 4) is 0 Å². The number of nitrogens with one attached hydrogen (secondary N) is 1. The summed E-state index contributed by atoms with van der Waals surface area (Å²) in [7, 11) is 0. The SMILES string of the molecule is O=C(NCCSCCCO)c1ccc(Cl)cc1Br. The average Bonchev–Trinajstić information content (AvgIpc) is 2.33. The van der Waals surface area contributed by atoms with Crippen molar-refractivity contribution in [3.63, 3.8) is 0 Å². The van der Waals surface area contributed by atoms with Crippen LogP contribution in [0, 0.1) is 0 Å². The summed E-state index contributed by atoms with van der Waals surface area (Å²) in [5.41, 5.74) is 0.583. The van der Waals surface area contributed by atoms with Crippen LogP contribution >= 0.6 is 39.3 Å². The zero-order valence-corrected chi connectivity index (χ0v) is 12.9. The summed E-state index contributed by atoms with van der Waals surface area (Å²) >= 11 is 10.8. The molecule has 3 nitrogen and oxygen atoms in total. The van der Waals surface area contributed by atoms with Crippen molar-refractivity contribution in [1.82, 2.24) is 5.32 Å². The van der Waals surface area contributed by atoms with Gasteiger partial charge >= 0.3 is 0 Å². The lowest BCUT2D eigenvalue weighted by atomic mass is 10.2. The number of carbonyl (C=O) groups excluding carboxylic acids is 1. The van der Waals surface area contributed by atoms with E-state index < -0.39 is 0 Å². The highest BCUT2D eigenvalue weighted by molar-refractivity contribution is 9.10. The molecule has 0 aliphatic rings. The second-order valence-corrected chi connectivity index (χ2v) is 6.09. The normalized spacial score (nSPS) is 10.4. The van der Waals surface area contributed by atoms with Crippen LogP contribution in [0.3, 0.4) is 0 Å². The molecule has 0 atom stereocenters. The van der Waals surface area contributed by atoms with Crippen LogP contribution in [0.2, 0.25) is 5.02 Å². The standard InChI is InChI=1S/C12H15BrClNO2S/c13-11-8-9(14)2-3-10(11)12(17)15-4-7-18-6-1-5-16/h2-3,8,16H,1,4-7H2,(H,15,17). The van der Waals surface area contributed by atoms with Gasteiger partial charge in [-0.2, -0.15) is 11.8 Å². The van der Waals surface area contributed by atoms with Gasteiger partial charge in [0.2, 0.25) is 0 Å². The molecule has 0 radical (unpaired) electrons. The number of hydrogen-bond acceptors (Lipinski definition) is 3. The summed E-state index contributed by atoms with van der Waals surface area (Å²) in [6, 6.07) is 5.09. The fourth-order valence-corrected chi connectivity index (χ4v) is 2.92. The summed E-state index contributed by atoms with van der Waals surface area (Å²) in [4.78, 5) is 11.8. The van der Waals surface area contributed by atoms with Gasteiger partial charge in [0.05, 0.1) is 5.56 Å². The van der Waals surface area contributed by atoms with Crippen LogP contribution in [0.4, 0.5) is 0 Å². The van der Waals surface area contributed by atoms with E-state index in [0.29, 0.717) is 21.6 Å². The van der Waals surface area contributed by atoms with E-state index in [-0.39, 0.29) is 12.5 Å². The highest BCUT2D eigenvalue weighted by atomic mass is 79.9. The van der Waals surface area contributed by atoms with Gasteiger partial charge in [-0.1, -0.05) is 11.6 Å². The van der Waals surface area contributed by atoms with Crippen LogP contribution in [0.25, 0.3) is 0 Å². The predicted molar refractivity (Wildman–Crippen MR) is 80.5 cm³/mol. The Kier molecular flexibility index (Phi) is 7.74. The van der Waals surface area contributed by atoms with Crippen LogP contribution in [-0.2, 0) is 0 Å². The molecule has 2 N–H and O–H groups in total. The largest absolute Gasteiger partial charge is 0.396 e. The Hall–Kier alpha value is -0.230. The Balaban J connectivity index is 2.32. The quantitative estimate of drug-likeness (QED) is 0.742. The maximum absolute atomic E-state index is 11.8. The molecule has 1 amide bonds. The van der Waals surface area contributed by atoms with E-state index in [1.165, 1.54) is 0 Å². The minimum absolute atomic E-state index is 0.110. The molecule has 1 rings (SSSR count). The minimum atomic E-state index is -0.110. The molecule has 0 saturated heterocycles. The Morgan fingerprint density at radius 1 is 1.44 bits per heavy atom. The summed E-state index contributed by atoms with van der Waals surface area (Å²) in [5.74, 6) is 1.65. The minimum Gasteiger partial charge on any atom is -0.396 e.